The van der Waals surface area contributed by atoms with Crippen LogP contribution in [0.25, 0.3) is 10.9 Å². The molecule has 0 aliphatic heterocycles. The third-order valence-corrected chi connectivity index (χ3v) is 2.67. The third kappa shape index (κ3) is 1.48. The first-order chi connectivity index (χ1) is 6.33. The summed E-state index contributed by atoms with van der Waals surface area (Å²) in [5, 5.41) is 9.72. The topological polar surface area (TPSA) is 48.0 Å². The number of benzene rings is 1. The van der Waals surface area contributed by atoms with Gasteiger partial charge in [0.05, 0.1) is 0 Å². The maximum atomic E-state index is 8.61. The second-order valence-electron chi connectivity index (χ2n) is 2.81. The summed E-state index contributed by atoms with van der Waals surface area (Å²) in [4.78, 5) is 3.13. The number of rotatable bonds is 2. The van der Waals surface area contributed by atoms with Crippen LogP contribution in [0.2, 0.25) is 0 Å². The first kappa shape index (κ1) is 8.74. The van der Waals surface area contributed by atoms with Crippen molar-refractivity contribution < 1.29 is 5.21 Å². The molecule has 1 heterocycles. The lowest BCUT2D eigenvalue weighted by atomic mass is 10.2. The van der Waals surface area contributed by atoms with Gasteiger partial charge in [-0.2, -0.15) is 0 Å². The van der Waals surface area contributed by atoms with Gasteiger partial charge in [0.2, 0.25) is 0 Å². The highest BCUT2D eigenvalue weighted by Gasteiger charge is 2.05. The number of hydrogen-bond acceptors (Lipinski definition) is 2. The van der Waals surface area contributed by atoms with E-state index in [1.165, 1.54) is 0 Å². The second kappa shape index (κ2) is 3.49. The molecule has 0 spiro atoms. The molecule has 0 saturated heterocycles. The highest BCUT2D eigenvalue weighted by molar-refractivity contribution is 9.10. The Morgan fingerprint density at radius 2 is 2.31 bits per heavy atom. The number of hydroxylamine groups is 1. The van der Waals surface area contributed by atoms with Crippen LogP contribution in [0.3, 0.4) is 0 Å². The summed E-state index contributed by atoms with van der Waals surface area (Å²) in [7, 11) is 0. The van der Waals surface area contributed by atoms with Crippen LogP contribution in [0.4, 0.5) is 0 Å². The molecule has 0 radical (unpaired) electrons. The van der Waals surface area contributed by atoms with E-state index in [1.807, 2.05) is 24.4 Å². The summed E-state index contributed by atoms with van der Waals surface area (Å²) in [6.45, 7) is 0.447. The molecule has 68 valence electrons. The van der Waals surface area contributed by atoms with Crippen LogP contribution in [0.15, 0.2) is 28.9 Å². The number of hydrogen-bond donors (Lipinski definition) is 3. The summed E-state index contributed by atoms with van der Waals surface area (Å²) in [6.07, 6.45) is 1.89. The Morgan fingerprint density at radius 3 is 3.08 bits per heavy atom. The Kier molecular flexibility index (Phi) is 2.35. The molecule has 3 N–H and O–H groups in total. The minimum absolute atomic E-state index is 0.447. The van der Waals surface area contributed by atoms with Crippen LogP contribution >= 0.6 is 15.9 Å². The molecule has 0 unspecified atom stereocenters. The maximum absolute atomic E-state index is 8.61. The fourth-order valence-corrected chi connectivity index (χ4v) is 2.05. The molecule has 3 nitrogen and oxygen atoms in total. The van der Waals surface area contributed by atoms with E-state index in [0.29, 0.717) is 6.54 Å². The minimum Gasteiger partial charge on any atom is -0.361 e. The standard InChI is InChI=1S/C9H9BrN2O/c10-7-2-1-3-8-9(7)6(4-11-8)5-12-13/h1-4,11-13H,5H2. The van der Waals surface area contributed by atoms with Crippen LogP contribution in [0.1, 0.15) is 5.56 Å². The highest BCUT2D eigenvalue weighted by Crippen LogP contribution is 2.26. The van der Waals surface area contributed by atoms with E-state index in [1.54, 1.807) is 0 Å². The lowest BCUT2D eigenvalue weighted by Crippen LogP contribution is -2.05. The van der Waals surface area contributed by atoms with Crippen molar-refractivity contribution in [3.63, 3.8) is 0 Å². The summed E-state index contributed by atoms with van der Waals surface area (Å²) in [5.41, 5.74) is 4.26. The lowest BCUT2D eigenvalue weighted by molar-refractivity contribution is 0.161. The Balaban J connectivity index is 2.64. The second-order valence-corrected chi connectivity index (χ2v) is 3.67. The van der Waals surface area contributed by atoms with E-state index in [4.69, 9.17) is 5.21 Å². The first-order valence-electron chi connectivity index (χ1n) is 3.94. The molecule has 13 heavy (non-hydrogen) atoms. The zero-order valence-electron chi connectivity index (χ0n) is 6.84. The van der Waals surface area contributed by atoms with Gasteiger partial charge in [-0.15, -0.1) is 0 Å². The summed E-state index contributed by atoms with van der Waals surface area (Å²) in [6, 6.07) is 5.96. The van der Waals surface area contributed by atoms with Crippen molar-refractivity contribution in [3.8, 4) is 0 Å². The Bertz CT molecular complexity index is 424. The molecular weight excluding hydrogens is 232 g/mol. The highest BCUT2D eigenvalue weighted by atomic mass is 79.9. The predicted molar refractivity (Wildman–Crippen MR) is 54.6 cm³/mol. The molecule has 0 amide bonds. The van der Waals surface area contributed by atoms with Crippen LogP contribution in [-0.2, 0) is 6.54 Å². The van der Waals surface area contributed by atoms with Gasteiger partial charge in [0, 0.05) is 28.1 Å². The van der Waals surface area contributed by atoms with Gasteiger partial charge in [0.1, 0.15) is 0 Å². The molecule has 1 aromatic carbocycles. The number of aromatic nitrogens is 1. The number of halogens is 1. The van der Waals surface area contributed by atoms with Crippen molar-refractivity contribution in [1.29, 1.82) is 0 Å². The fraction of sp³-hybridized carbons (Fsp3) is 0.111. The first-order valence-corrected chi connectivity index (χ1v) is 4.73. The Morgan fingerprint density at radius 1 is 1.46 bits per heavy atom. The van der Waals surface area contributed by atoms with Gasteiger partial charge in [0.25, 0.3) is 0 Å². The van der Waals surface area contributed by atoms with E-state index < -0.39 is 0 Å². The van der Waals surface area contributed by atoms with Crippen LogP contribution in [-0.4, -0.2) is 10.2 Å². The summed E-state index contributed by atoms with van der Waals surface area (Å²) >= 11 is 3.47. The van der Waals surface area contributed by atoms with Gasteiger partial charge in [-0.05, 0) is 17.7 Å². The van der Waals surface area contributed by atoms with Crippen molar-refractivity contribution in [2.24, 2.45) is 0 Å². The normalized spacial score (nSPS) is 10.9. The van der Waals surface area contributed by atoms with Gasteiger partial charge in [-0.1, -0.05) is 22.0 Å². The average Bonchev–Trinajstić information content (AvgIpc) is 2.51. The Labute approximate surface area is 83.9 Å². The van der Waals surface area contributed by atoms with Gasteiger partial charge in [-0.25, -0.2) is 5.48 Å². The van der Waals surface area contributed by atoms with Crippen molar-refractivity contribution in [1.82, 2.24) is 10.5 Å². The van der Waals surface area contributed by atoms with Crippen LogP contribution < -0.4 is 5.48 Å². The number of aromatic amines is 1. The van der Waals surface area contributed by atoms with E-state index in [0.717, 1.165) is 20.9 Å². The predicted octanol–water partition coefficient (Wildman–Crippen LogP) is 2.41. The molecular formula is C9H9BrN2O. The summed E-state index contributed by atoms with van der Waals surface area (Å²) < 4.78 is 1.04. The third-order valence-electron chi connectivity index (χ3n) is 2.01. The molecule has 2 aromatic rings. The largest absolute Gasteiger partial charge is 0.361 e. The quantitative estimate of drug-likeness (QED) is 0.707. The zero-order chi connectivity index (χ0) is 9.26. The van der Waals surface area contributed by atoms with Gasteiger partial charge in [-0.3, -0.25) is 0 Å². The monoisotopic (exact) mass is 240 g/mol. The molecule has 0 aliphatic rings. The van der Waals surface area contributed by atoms with Gasteiger partial charge >= 0.3 is 0 Å². The Hall–Kier alpha value is -0.840. The van der Waals surface area contributed by atoms with Gasteiger partial charge < -0.3 is 10.2 Å². The van der Waals surface area contributed by atoms with Crippen molar-refractivity contribution in [3.05, 3.63) is 34.4 Å². The fourth-order valence-electron chi connectivity index (χ4n) is 1.43. The van der Waals surface area contributed by atoms with E-state index in [9.17, 15) is 0 Å². The minimum atomic E-state index is 0.447. The average molecular weight is 241 g/mol. The lowest BCUT2D eigenvalue weighted by Gasteiger charge is -1.98. The smallest absolute Gasteiger partial charge is 0.0479 e. The van der Waals surface area contributed by atoms with Gasteiger partial charge in [0.15, 0.2) is 0 Å². The van der Waals surface area contributed by atoms with Crippen molar-refractivity contribution in [2.45, 2.75) is 6.54 Å². The maximum Gasteiger partial charge on any atom is 0.0479 e. The van der Waals surface area contributed by atoms with E-state index in [2.05, 4.69) is 26.4 Å². The molecule has 0 atom stereocenters. The molecule has 0 aliphatic carbocycles. The van der Waals surface area contributed by atoms with Crippen molar-refractivity contribution >= 4 is 26.8 Å². The van der Waals surface area contributed by atoms with Crippen LogP contribution in [0.5, 0.6) is 0 Å². The van der Waals surface area contributed by atoms with Crippen LogP contribution in [0, 0.1) is 0 Å². The number of H-pyrrole nitrogens is 1. The number of fused-ring (bicyclic) bond motifs is 1. The molecule has 0 fully saturated rings. The molecule has 4 heteroatoms. The van der Waals surface area contributed by atoms with E-state index >= 15 is 0 Å². The number of nitrogens with one attached hydrogen (secondary N) is 2. The summed E-state index contributed by atoms with van der Waals surface area (Å²) in [5.74, 6) is 0. The molecule has 2 rings (SSSR count). The van der Waals surface area contributed by atoms with Crippen molar-refractivity contribution in [2.75, 3.05) is 0 Å². The molecule has 0 saturated carbocycles. The zero-order valence-corrected chi connectivity index (χ0v) is 8.43. The van der Waals surface area contributed by atoms with E-state index in [-0.39, 0.29) is 0 Å². The molecule has 0 bridgehead atoms. The molecule has 1 aromatic heterocycles. The SMILES string of the molecule is ONCc1c[nH]c2cccc(Br)c12.